The molecule has 0 aromatic heterocycles. The number of anilines is 2. The van der Waals surface area contributed by atoms with Gasteiger partial charge in [-0.05, 0) is 67.5 Å². The van der Waals surface area contributed by atoms with Crippen molar-refractivity contribution >= 4 is 23.2 Å². The number of piperidine rings is 1. The standard InChI is InChI=1S/C27H34FN3O2/c1-19-13-15-31(16-14-19)25-12-11-23(30-26(32)21-5-3-2-4-6-21)17-24(25)27(33)29-18-20-7-9-22(28)10-8-20/h7-12,17,19,21H,2-6,13-16,18H2,1H3,(H,29,33)(H,30,32). The van der Waals surface area contributed by atoms with Crippen molar-refractivity contribution < 1.29 is 14.0 Å². The number of rotatable bonds is 6. The van der Waals surface area contributed by atoms with Crippen LogP contribution in [0.5, 0.6) is 0 Å². The monoisotopic (exact) mass is 451 g/mol. The van der Waals surface area contributed by atoms with Gasteiger partial charge in [0.2, 0.25) is 5.91 Å². The van der Waals surface area contributed by atoms with E-state index in [0.717, 1.165) is 62.9 Å². The molecule has 1 heterocycles. The minimum absolute atomic E-state index is 0.0481. The zero-order chi connectivity index (χ0) is 23.2. The fourth-order valence-electron chi connectivity index (χ4n) is 4.81. The first-order valence-corrected chi connectivity index (χ1v) is 12.2. The second kappa shape index (κ2) is 10.8. The second-order valence-corrected chi connectivity index (χ2v) is 9.53. The Hall–Kier alpha value is -2.89. The number of carbonyl (C=O) groups excluding carboxylic acids is 2. The van der Waals surface area contributed by atoms with Crippen molar-refractivity contribution in [1.29, 1.82) is 0 Å². The number of hydrogen-bond donors (Lipinski definition) is 2. The smallest absolute Gasteiger partial charge is 0.253 e. The van der Waals surface area contributed by atoms with E-state index in [1.165, 1.54) is 18.6 Å². The van der Waals surface area contributed by atoms with Crippen LogP contribution in [0, 0.1) is 17.7 Å². The van der Waals surface area contributed by atoms with Crippen molar-refractivity contribution in [1.82, 2.24) is 5.32 Å². The Bertz CT molecular complexity index is 962. The first-order chi connectivity index (χ1) is 16.0. The van der Waals surface area contributed by atoms with Gasteiger partial charge in [-0.1, -0.05) is 38.3 Å². The maximum absolute atomic E-state index is 13.2. The summed E-state index contributed by atoms with van der Waals surface area (Å²) in [6, 6.07) is 11.8. The van der Waals surface area contributed by atoms with Crippen LogP contribution in [-0.4, -0.2) is 24.9 Å². The van der Waals surface area contributed by atoms with Crippen LogP contribution in [0.15, 0.2) is 42.5 Å². The number of halogens is 1. The molecule has 5 nitrogen and oxygen atoms in total. The number of benzene rings is 2. The molecule has 0 spiro atoms. The summed E-state index contributed by atoms with van der Waals surface area (Å²) in [5, 5.41) is 6.01. The van der Waals surface area contributed by atoms with Gasteiger partial charge < -0.3 is 15.5 Å². The molecule has 4 rings (SSSR count). The molecule has 2 aliphatic rings. The van der Waals surface area contributed by atoms with Crippen LogP contribution in [-0.2, 0) is 11.3 Å². The lowest BCUT2D eigenvalue weighted by Gasteiger charge is -2.33. The van der Waals surface area contributed by atoms with Crippen LogP contribution in [0.1, 0.15) is 67.8 Å². The highest BCUT2D eigenvalue weighted by Gasteiger charge is 2.24. The van der Waals surface area contributed by atoms with Gasteiger partial charge in [0.1, 0.15) is 5.82 Å². The highest BCUT2D eigenvalue weighted by atomic mass is 19.1. The summed E-state index contributed by atoms with van der Waals surface area (Å²) in [6.07, 6.45) is 7.45. The summed E-state index contributed by atoms with van der Waals surface area (Å²) in [4.78, 5) is 28.2. The molecule has 0 radical (unpaired) electrons. The van der Waals surface area contributed by atoms with E-state index in [0.29, 0.717) is 23.7 Å². The minimum Gasteiger partial charge on any atom is -0.371 e. The summed E-state index contributed by atoms with van der Waals surface area (Å²) in [7, 11) is 0. The lowest BCUT2D eigenvalue weighted by atomic mass is 9.88. The van der Waals surface area contributed by atoms with Crippen molar-refractivity contribution in [2.45, 2.75) is 58.4 Å². The molecule has 2 aromatic rings. The van der Waals surface area contributed by atoms with Crippen molar-refractivity contribution in [2.24, 2.45) is 11.8 Å². The van der Waals surface area contributed by atoms with Gasteiger partial charge >= 0.3 is 0 Å². The van der Waals surface area contributed by atoms with Gasteiger partial charge in [-0.2, -0.15) is 0 Å². The summed E-state index contributed by atoms with van der Waals surface area (Å²) >= 11 is 0. The lowest BCUT2D eigenvalue weighted by molar-refractivity contribution is -0.120. The molecule has 33 heavy (non-hydrogen) atoms. The highest BCUT2D eigenvalue weighted by molar-refractivity contribution is 6.02. The van der Waals surface area contributed by atoms with Crippen LogP contribution in [0.25, 0.3) is 0 Å². The summed E-state index contributed by atoms with van der Waals surface area (Å²) in [5.41, 5.74) is 2.95. The molecule has 1 saturated heterocycles. The van der Waals surface area contributed by atoms with E-state index in [2.05, 4.69) is 22.5 Å². The molecule has 1 aliphatic heterocycles. The molecule has 2 fully saturated rings. The van der Waals surface area contributed by atoms with Gasteiger partial charge in [-0.3, -0.25) is 9.59 Å². The fraction of sp³-hybridized carbons (Fsp3) is 0.481. The van der Waals surface area contributed by atoms with Crippen LogP contribution < -0.4 is 15.5 Å². The SMILES string of the molecule is CC1CCN(c2ccc(NC(=O)C3CCCCC3)cc2C(=O)NCc2ccc(F)cc2)CC1. The minimum atomic E-state index is -0.298. The van der Waals surface area contributed by atoms with Crippen LogP contribution in [0.4, 0.5) is 15.8 Å². The zero-order valence-corrected chi connectivity index (χ0v) is 19.4. The molecule has 6 heteroatoms. The predicted octanol–water partition coefficient (Wildman–Crippen LogP) is 5.51. The topological polar surface area (TPSA) is 61.4 Å². The Morgan fingerprint density at radius 3 is 2.36 bits per heavy atom. The molecule has 1 saturated carbocycles. The average molecular weight is 452 g/mol. The summed E-state index contributed by atoms with van der Waals surface area (Å²) in [5.74, 6) is 0.297. The molecule has 1 aliphatic carbocycles. The van der Waals surface area contributed by atoms with E-state index in [-0.39, 0.29) is 23.5 Å². The molecular formula is C27H34FN3O2. The highest BCUT2D eigenvalue weighted by Crippen LogP contribution is 2.30. The van der Waals surface area contributed by atoms with Gasteiger partial charge in [0, 0.05) is 36.9 Å². The van der Waals surface area contributed by atoms with Crippen LogP contribution in [0.3, 0.4) is 0 Å². The Morgan fingerprint density at radius 2 is 1.67 bits per heavy atom. The third kappa shape index (κ3) is 6.12. The molecule has 176 valence electrons. The van der Waals surface area contributed by atoms with E-state index >= 15 is 0 Å². The van der Waals surface area contributed by atoms with Crippen LogP contribution in [0.2, 0.25) is 0 Å². The molecule has 2 aromatic carbocycles. The van der Waals surface area contributed by atoms with Gasteiger partial charge in [0.05, 0.1) is 5.56 Å². The zero-order valence-electron chi connectivity index (χ0n) is 19.4. The normalized spacial score (nSPS) is 17.6. The molecule has 0 bridgehead atoms. The van der Waals surface area contributed by atoms with E-state index in [1.807, 2.05) is 12.1 Å². The molecule has 0 unspecified atom stereocenters. The third-order valence-corrected chi connectivity index (χ3v) is 6.98. The van der Waals surface area contributed by atoms with Gasteiger partial charge in [0.15, 0.2) is 0 Å². The van der Waals surface area contributed by atoms with Crippen molar-refractivity contribution in [3.05, 3.63) is 59.4 Å². The van der Waals surface area contributed by atoms with Gasteiger partial charge in [0.25, 0.3) is 5.91 Å². The first-order valence-electron chi connectivity index (χ1n) is 12.2. The number of carbonyl (C=O) groups is 2. The Labute approximate surface area is 195 Å². The first kappa shape index (κ1) is 23.3. The predicted molar refractivity (Wildman–Crippen MR) is 130 cm³/mol. The number of nitrogens with one attached hydrogen (secondary N) is 2. The van der Waals surface area contributed by atoms with Crippen molar-refractivity contribution in [3.63, 3.8) is 0 Å². The van der Waals surface area contributed by atoms with Crippen molar-refractivity contribution in [2.75, 3.05) is 23.3 Å². The van der Waals surface area contributed by atoms with Crippen LogP contribution >= 0.6 is 0 Å². The van der Waals surface area contributed by atoms with Crippen molar-refractivity contribution in [3.8, 4) is 0 Å². The summed E-state index contributed by atoms with van der Waals surface area (Å²) in [6.45, 7) is 4.40. The average Bonchev–Trinajstić information content (AvgIpc) is 2.84. The quantitative estimate of drug-likeness (QED) is 0.609. The van der Waals surface area contributed by atoms with Gasteiger partial charge in [-0.25, -0.2) is 4.39 Å². The van der Waals surface area contributed by atoms with E-state index < -0.39 is 0 Å². The molecule has 2 N–H and O–H groups in total. The van der Waals surface area contributed by atoms with E-state index in [1.54, 1.807) is 18.2 Å². The maximum atomic E-state index is 13.2. The Balaban J connectivity index is 1.52. The third-order valence-electron chi connectivity index (χ3n) is 6.98. The fourth-order valence-corrected chi connectivity index (χ4v) is 4.81. The Kier molecular flexibility index (Phi) is 7.63. The molecule has 2 amide bonds. The molecule has 0 atom stereocenters. The largest absolute Gasteiger partial charge is 0.371 e. The number of nitrogens with zero attached hydrogens (tertiary/aromatic N) is 1. The van der Waals surface area contributed by atoms with E-state index in [4.69, 9.17) is 0 Å². The lowest BCUT2D eigenvalue weighted by Crippen LogP contribution is -2.35. The molecular weight excluding hydrogens is 417 g/mol. The second-order valence-electron chi connectivity index (χ2n) is 9.53. The summed E-state index contributed by atoms with van der Waals surface area (Å²) < 4.78 is 13.2. The Morgan fingerprint density at radius 1 is 0.970 bits per heavy atom. The number of hydrogen-bond acceptors (Lipinski definition) is 3. The van der Waals surface area contributed by atoms with Gasteiger partial charge in [-0.15, -0.1) is 0 Å². The van der Waals surface area contributed by atoms with E-state index in [9.17, 15) is 14.0 Å². The number of amides is 2. The maximum Gasteiger partial charge on any atom is 0.253 e.